The van der Waals surface area contributed by atoms with Gasteiger partial charge in [-0.25, -0.2) is 9.67 Å². The highest BCUT2D eigenvalue weighted by Crippen LogP contribution is 2.15. The summed E-state index contributed by atoms with van der Waals surface area (Å²) in [5.74, 6) is -0.408. The van der Waals surface area contributed by atoms with Crippen molar-refractivity contribution in [3.05, 3.63) is 39.8 Å². The van der Waals surface area contributed by atoms with Gasteiger partial charge in [0, 0.05) is 31.1 Å². The number of nitrogens with zero attached hydrogens (tertiary/aromatic N) is 3. The molecule has 0 radical (unpaired) electrons. The first-order chi connectivity index (χ1) is 10.5. The van der Waals surface area contributed by atoms with E-state index in [1.807, 2.05) is 0 Å². The average Bonchev–Trinajstić information content (AvgIpc) is 2.87. The maximum atomic E-state index is 11.8. The maximum Gasteiger partial charge on any atom is 0.266 e. The van der Waals surface area contributed by atoms with Crippen molar-refractivity contribution in [2.24, 2.45) is 0 Å². The van der Waals surface area contributed by atoms with Crippen molar-refractivity contribution in [2.75, 3.05) is 11.9 Å². The second-order valence-corrected chi connectivity index (χ2v) is 5.30. The second kappa shape index (κ2) is 7.46. The van der Waals surface area contributed by atoms with Gasteiger partial charge in [0.1, 0.15) is 0 Å². The van der Waals surface area contributed by atoms with Gasteiger partial charge in [0.15, 0.2) is 5.13 Å². The normalized spacial score (nSPS) is 10.2. The summed E-state index contributed by atoms with van der Waals surface area (Å²) < 4.78 is 1.28. The third-order valence-electron chi connectivity index (χ3n) is 2.61. The molecule has 2 aromatic rings. The number of thiazole rings is 1. The number of rotatable bonds is 6. The summed E-state index contributed by atoms with van der Waals surface area (Å²) in [6.45, 7) is 2.01. The Hall–Kier alpha value is -2.55. The van der Waals surface area contributed by atoms with Crippen LogP contribution in [0.5, 0.6) is 0 Å². The van der Waals surface area contributed by atoms with E-state index in [9.17, 15) is 14.4 Å². The van der Waals surface area contributed by atoms with Gasteiger partial charge in [0.25, 0.3) is 5.56 Å². The number of carbonyl (C=O) groups excluding carboxylic acids is 2. The Balaban J connectivity index is 1.78. The lowest BCUT2D eigenvalue weighted by Crippen LogP contribution is -2.32. The number of nitrogens with one attached hydrogen (secondary N) is 2. The minimum absolute atomic E-state index is 0.118. The van der Waals surface area contributed by atoms with E-state index in [0.29, 0.717) is 23.9 Å². The van der Waals surface area contributed by atoms with Crippen LogP contribution in [0.15, 0.2) is 28.5 Å². The lowest BCUT2D eigenvalue weighted by Gasteiger charge is -2.05. The van der Waals surface area contributed by atoms with E-state index >= 15 is 0 Å². The van der Waals surface area contributed by atoms with Crippen molar-refractivity contribution < 1.29 is 9.59 Å². The molecule has 0 saturated carbocycles. The van der Waals surface area contributed by atoms with Crippen LogP contribution in [0.2, 0.25) is 0 Å². The predicted molar refractivity (Wildman–Crippen MR) is 81.6 cm³/mol. The third kappa shape index (κ3) is 4.77. The molecular weight excluding hydrogens is 306 g/mol. The number of hydrogen-bond donors (Lipinski definition) is 2. The zero-order valence-corrected chi connectivity index (χ0v) is 12.7. The quantitative estimate of drug-likeness (QED) is 0.780. The number of anilines is 1. The molecule has 2 N–H and O–H groups in total. The van der Waals surface area contributed by atoms with Crippen LogP contribution in [0.25, 0.3) is 0 Å². The van der Waals surface area contributed by atoms with Gasteiger partial charge in [-0.05, 0) is 6.07 Å². The molecule has 22 heavy (non-hydrogen) atoms. The van der Waals surface area contributed by atoms with E-state index in [4.69, 9.17) is 0 Å². The highest BCUT2D eigenvalue weighted by Gasteiger charge is 2.08. The van der Waals surface area contributed by atoms with Crippen molar-refractivity contribution in [1.29, 1.82) is 0 Å². The van der Waals surface area contributed by atoms with Crippen LogP contribution < -0.4 is 16.2 Å². The first-order valence-electron chi connectivity index (χ1n) is 6.55. The van der Waals surface area contributed by atoms with E-state index in [1.165, 1.54) is 35.2 Å². The maximum absolute atomic E-state index is 11.8. The van der Waals surface area contributed by atoms with E-state index in [1.54, 1.807) is 11.4 Å². The van der Waals surface area contributed by atoms with Crippen molar-refractivity contribution in [3.8, 4) is 0 Å². The van der Waals surface area contributed by atoms with Gasteiger partial charge in [-0.2, -0.15) is 5.10 Å². The SMILES string of the molecule is CC(=O)Nc1nc(CC(=O)NCCn2ncccc2=O)cs1. The first kappa shape index (κ1) is 15.8. The number of hydrogen-bond acceptors (Lipinski definition) is 6. The van der Waals surface area contributed by atoms with Crippen LogP contribution >= 0.6 is 11.3 Å². The first-order valence-corrected chi connectivity index (χ1v) is 7.43. The Morgan fingerprint density at radius 1 is 1.41 bits per heavy atom. The monoisotopic (exact) mass is 321 g/mol. The molecule has 0 aliphatic carbocycles. The lowest BCUT2D eigenvalue weighted by molar-refractivity contribution is -0.120. The molecule has 0 unspecified atom stereocenters. The molecule has 2 rings (SSSR count). The van der Waals surface area contributed by atoms with E-state index in [0.717, 1.165) is 0 Å². The summed E-state index contributed by atoms with van der Waals surface area (Å²) in [6.07, 6.45) is 1.63. The van der Waals surface area contributed by atoms with E-state index in [2.05, 4.69) is 20.7 Å². The summed E-state index contributed by atoms with van der Waals surface area (Å²) in [6, 6.07) is 2.97. The standard InChI is InChI=1S/C13H15N5O3S/c1-9(19)16-13-17-10(8-22-13)7-11(20)14-5-6-18-12(21)3-2-4-15-18/h2-4,8H,5-7H2,1H3,(H,14,20)(H,16,17,19). The minimum atomic E-state index is -0.212. The summed E-state index contributed by atoms with van der Waals surface area (Å²) in [7, 11) is 0. The molecule has 0 spiro atoms. The molecule has 2 amide bonds. The molecule has 8 nitrogen and oxygen atoms in total. The number of carbonyl (C=O) groups is 2. The van der Waals surface area contributed by atoms with Crippen molar-refractivity contribution in [2.45, 2.75) is 19.9 Å². The van der Waals surface area contributed by atoms with E-state index < -0.39 is 0 Å². The van der Waals surface area contributed by atoms with Crippen LogP contribution in [0.4, 0.5) is 5.13 Å². The molecular formula is C13H15N5O3S. The molecule has 0 fully saturated rings. The molecule has 2 aromatic heterocycles. The smallest absolute Gasteiger partial charge is 0.266 e. The van der Waals surface area contributed by atoms with Crippen molar-refractivity contribution >= 4 is 28.3 Å². The lowest BCUT2D eigenvalue weighted by atomic mass is 10.3. The zero-order valence-electron chi connectivity index (χ0n) is 11.9. The van der Waals surface area contributed by atoms with Gasteiger partial charge in [0.2, 0.25) is 11.8 Å². The molecule has 9 heteroatoms. The summed E-state index contributed by atoms with van der Waals surface area (Å²) in [5.41, 5.74) is 0.373. The van der Waals surface area contributed by atoms with Crippen molar-refractivity contribution in [1.82, 2.24) is 20.1 Å². The Morgan fingerprint density at radius 2 is 2.23 bits per heavy atom. The van der Waals surface area contributed by atoms with Gasteiger partial charge in [0.05, 0.1) is 18.7 Å². The fourth-order valence-corrected chi connectivity index (χ4v) is 2.44. The number of amides is 2. The van der Waals surface area contributed by atoms with Crippen LogP contribution in [0.1, 0.15) is 12.6 Å². The topological polar surface area (TPSA) is 106 Å². The fourth-order valence-electron chi connectivity index (χ4n) is 1.68. The largest absolute Gasteiger partial charge is 0.354 e. The van der Waals surface area contributed by atoms with Gasteiger partial charge in [-0.1, -0.05) is 0 Å². The van der Waals surface area contributed by atoms with Crippen LogP contribution in [0, 0.1) is 0 Å². The Kier molecular flexibility index (Phi) is 5.37. The molecule has 2 heterocycles. The van der Waals surface area contributed by atoms with E-state index in [-0.39, 0.29) is 23.8 Å². The summed E-state index contributed by atoms with van der Waals surface area (Å²) >= 11 is 1.26. The summed E-state index contributed by atoms with van der Waals surface area (Å²) in [4.78, 5) is 38.2. The molecule has 0 aromatic carbocycles. The predicted octanol–water partition coefficient (Wildman–Crippen LogP) is 0.0171. The zero-order chi connectivity index (χ0) is 15.9. The molecule has 0 aliphatic heterocycles. The van der Waals surface area contributed by atoms with Crippen LogP contribution in [-0.2, 0) is 22.6 Å². The average molecular weight is 321 g/mol. The van der Waals surface area contributed by atoms with Crippen LogP contribution in [-0.4, -0.2) is 33.1 Å². The molecule has 0 bridgehead atoms. The highest BCUT2D eigenvalue weighted by molar-refractivity contribution is 7.13. The molecule has 0 atom stereocenters. The number of aromatic nitrogens is 3. The Labute approximate surface area is 130 Å². The van der Waals surface area contributed by atoms with Crippen molar-refractivity contribution in [3.63, 3.8) is 0 Å². The Bertz CT molecular complexity index is 724. The Morgan fingerprint density at radius 3 is 2.95 bits per heavy atom. The van der Waals surface area contributed by atoms with Crippen LogP contribution in [0.3, 0.4) is 0 Å². The highest BCUT2D eigenvalue weighted by atomic mass is 32.1. The van der Waals surface area contributed by atoms with Gasteiger partial charge < -0.3 is 10.6 Å². The second-order valence-electron chi connectivity index (χ2n) is 4.44. The van der Waals surface area contributed by atoms with Gasteiger partial charge >= 0.3 is 0 Å². The minimum Gasteiger partial charge on any atom is -0.354 e. The molecule has 0 saturated heterocycles. The van der Waals surface area contributed by atoms with Gasteiger partial charge in [-0.3, -0.25) is 14.4 Å². The summed E-state index contributed by atoms with van der Waals surface area (Å²) in [5, 5.41) is 11.3. The van der Waals surface area contributed by atoms with Gasteiger partial charge in [-0.15, -0.1) is 11.3 Å². The fraction of sp³-hybridized carbons (Fsp3) is 0.308. The molecule has 116 valence electrons. The molecule has 0 aliphatic rings. The third-order valence-corrected chi connectivity index (χ3v) is 3.41.